The summed E-state index contributed by atoms with van der Waals surface area (Å²) in [6.07, 6.45) is 0. The van der Waals surface area contributed by atoms with Crippen molar-refractivity contribution in [3.8, 4) is 11.5 Å². The molecule has 1 aromatic carbocycles. The number of nitrogens with zero attached hydrogens (tertiary/aromatic N) is 1. The van der Waals surface area contributed by atoms with Crippen LogP contribution in [0, 0.1) is 0 Å². The zero-order valence-corrected chi connectivity index (χ0v) is 11.9. The van der Waals surface area contributed by atoms with Crippen molar-refractivity contribution in [1.82, 2.24) is 4.90 Å². The average molecular weight is 265 g/mol. The molecule has 0 aromatic heterocycles. The molecule has 1 aliphatic rings. The number of hydrogen-bond donors (Lipinski definition) is 2. The summed E-state index contributed by atoms with van der Waals surface area (Å²) in [4.78, 5) is 2.23. The summed E-state index contributed by atoms with van der Waals surface area (Å²) >= 11 is 0. The van der Waals surface area contributed by atoms with Gasteiger partial charge in [-0.3, -0.25) is 4.90 Å². The molecule has 4 heteroatoms. The van der Waals surface area contributed by atoms with Gasteiger partial charge in [0, 0.05) is 25.2 Å². The van der Waals surface area contributed by atoms with Crippen LogP contribution in [0.15, 0.2) is 12.1 Å². The van der Waals surface area contributed by atoms with E-state index in [2.05, 4.69) is 25.7 Å². The fraction of sp³-hybridized carbons (Fsp3) is 0.600. The molecule has 0 aliphatic carbocycles. The number of rotatable bonds is 2. The van der Waals surface area contributed by atoms with Crippen molar-refractivity contribution in [3.05, 3.63) is 23.3 Å². The predicted octanol–water partition coefficient (Wildman–Crippen LogP) is 2.23. The van der Waals surface area contributed by atoms with E-state index < -0.39 is 0 Å². The summed E-state index contributed by atoms with van der Waals surface area (Å²) in [7, 11) is 0. The lowest BCUT2D eigenvalue weighted by Crippen LogP contribution is -2.35. The number of benzene rings is 1. The van der Waals surface area contributed by atoms with E-state index >= 15 is 0 Å². The van der Waals surface area contributed by atoms with E-state index in [0.29, 0.717) is 6.54 Å². The summed E-state index contributed by atoms with van der Waals surface area (Å²) in [6, 6.07) is 3.64. The first-order valence-electron chi connectivity index (χ1n) is 6.73. The van der Waals surface area contributed by atoms with Gasteiger partial charge in [-0.15, -0.1) is 0 Å². The van der Waals surface area contributed by atoms with Gasteiger partial charge in [-0.25, -0.2) is 0 Å². The maximum Gasteiger partial charge on any atom is 0.162 e. The molecule has 0 amide bonds. The highest BCUT2D eigenvalue weighted by molar-refractivity contribution is 5.49. The van der Waals surface area contributed by atoms with E-state index in [-0.39, 0.29) is 16.9 Å². The summed E-state index contributed by atoms with van der Waals surface area (Å²) in [5.41, 5.74) is 1.77. The van der Waals surface area contributed by atoms with Gasteiger partial charge in [-0.2, -0.15) is 0 Å². The van der Waals surface area contributed by atoms with Crippen molar-refractivity contribution in [3.63, 3.8) is 0 Å². The van der Waals surface area contributed by atoms with E-state index in [0.717, 1.165) is 37.4 Å². The minimum atomic E-state index is -0.0507. The Morgan fingerprint density at radius 3 is 2.37 bits per heavy atom. The molecule has 4 nitrogen and oxygen atoms in total. The van der Waals surface area contributed by atoms with Gasteiger partial charge in [0.25, 0.3) is 0 Å². The van der Waals surface area contributed by atoms with Crippen LogP contribution in [-0.2, 0) is 16.7 Å². The fourth-order valence-electron chi connectivity index (χ4n) is 2.23. The molecule has 106 valence electrons. The average Bonchev–Trinajstić information content (AvgIpc) is 2.34. The Morgan fingerprint density at radius 1 is 1.16 bits per heavy atom. The molecule has 1 aromatic rings. The van der Waals surface area contributed by atoms with E-state index in [1.807, 2.05) is 6.07 Å². The summed E-state index contributed by atoms with van der Waals surface area (Å²) in [5, 5.41) is 19.9. The summed E-state index contributed by atoms with van der Waals surface area (Å²) < 4.78 is 5.32. The molecular formula is C15H23NO3. The minimum Gasteiger partial charge on any atom is -0.504 e. The van der Waals surface area contributed by atoms with Gasteiger partial charge >= 0.3 is 0 Å². The predicted molar refractivity (Wildman–Crippen MR) is 74.6 cm³/mol. The molecule has 0 atom stereocenters. The third-order valence-corrected chi connectivity index (χ3v) is 3.53. The van der Waals surface area contributed by atoms with Crippen LogP contribution in [0.2, 0.25) is 0 Å². The van der Waals surface area contributed by atoms with Gasteiger partial charge in [0.15, 0.2) is 11.5 Å². The second-order valence-corrected chi connectivity index (χ2v) is 6.14. The van der Waals surface area contributed by atoms with Gasteiger partial charge in [-0.1, -0.05) is 26.8 Å². The summed E-state index contributed by atoms with van der Waals surface area (Å²) in [6.45, 7) is 10.1. The molecule has 1 heterocycles. The van der Waals surface area contributed by atoms with Crippen molar-refractivity contribution in [2.24, 2.45) is 0 Å². The normalized spacial score (nSPS) is 17.6. The van der Waals surface area contributed by atoms with E-state index in [4.69, 9.17) is 4.74 Å². The third-order valence-electron chi connectivity index (χ3n) is 3.53. The second-order valence-electron chi connectivity index (χ2n) is 6.14. The van der Waals surface area contributed by atoms with E-state index in [1.165, 1.54) is 0 Å². The van der Waals surface area contributed by atoms with Crippen LogP contribution < -0.4 is 0 Å². The van der Waals surface area contributed by atoms with Crippen molar-refractivity contribution in [1.29, 1.82) is 0 Å². The van der Waals surface area contributed by atoms with Gasteiger partial charge in [0.05, 0.1) is 13.2 Å². The van der Waals surface area contributed by atoms with Crippen molar-refractivity contribution < 1.29 is 14.9 Å². The van der Waals surface area contributed by atoms with Crippen LogP contribution in [0.3, 0.4) is 0 Å². The second kappa shape index (κ2) is 5.39. The van der Waals surface area contributed by atoms with Gasteiger partial charge < -0.3 is 14.9 Å². The van der Waals surface area contributed by atoms with Crippen LogP contribution in [0.25, 0.3) is 0 Å². The van der Waals surface area contributed by atoms with E-state index in [9.17, 15) is 10.2 Å². The number of phenolic OH excluding ortho intramolecular Hbond substituents is 2. The molecular weight excluding hydrogens is 242 g/mol. The van der Waals surface area contributed by atoms with E-state index in [1.54, 1.807) is 6.07 Å². The topological polar surface area (TPSA) is 52.9 Å². The Kier molecular flexibility index (Phi) is 4.02. The molecule has 0 saturated carbocycles. The Morgan fingerprint density at radius 2 is 1.79 bits per heavy atom. The molecule has 0 unspecified atom stereocenters. The Hall–Kier alpha value is -1.26. The zero-order valence-electron chi connectivity index (χ0n) is 11.9. The molecule has 0 bridgehead atoms. The lowest BCUT2D eigenvalue weighted by molar-refractivity contribution is 0.0338. The maximum absolute atomic E-state index is 10.0. The summed E-state index contributed by atoms with van der Waals surface area (Å²) in [5.74, 6) is -0.0322. The highest BCUT2D eigenvalue weighted by atomic mass is 16.5. The Labute approximate surface area is 114 Å². The SMILES string of the molecule is CC(C)(C)c1cc(O)c(O)c(CN2CCOCC2)c1. The zero-order chi connectivity index (χ0) is 14.0. The highest BCUT2D eigenvalue weighted by Gasteiger charge is 2.20. The maximum atomic E-state index is 10.0. The molecule has 2 rings (SSSR count). The van der Waals surface area contributed by atoms with Crippen LogP contribution in [0.4, 0.5) is 0 Å². The molecule has 2 N–H and O–H groups in total. The van der Waals surface area contributed by atoms with Crippen LogP contribution >= 0.6 is 0 Å². The largest absolute Gasteiger partial charge is 0.504 e. The first kappa shape index (κ1) is 14.2. The lowest BCUT2D eigenvalue weighted by atomic mass is 9.85. The number of morpholine rings is 1. The van der Waals surface area contributed by atoms with Crippen molar-refractivity contribution in [2.45, 2.75) is 32.7 Å². The number of phenols is 2. The monoisotopic (exact) mass is 265 g/mol. The van der Waals surface area contributed by atoms with Crippen LogP contribution in [-0.4, -0.2) is 41.4 Å². The first-order chi connectivity index (χ1) is 8.88. The van der Waals surface area contributed by atoms with Gasteiger partial charge in [-0.05, 0) is 17.0 Å². The van der Waals surface area contributed by atoms with Crippen LogP contribution in [0.1, 0.15) is 31.9 Å². The van der Waals surface area contributed by atoms with Gasteiger partial charge in [0.2, 0.25) is 0 Å². The van der Waals surface area contributed by atoms with Crippen molar-refractivity contribution in [2.75, 3.05) is 26.3 Å². The molecule has 1 saturated heterocycles. The third kappa shape index (κ3) is 3.39. The Balaban J connectivity index is 2.25. The molecule has 0 spiro atoms. The van der Waals surface area contributed by atoms with Crippen LogP contribution in [0.5, 0.6) is 11.5 Å². The highest BCUT2D eigenvalue weighted by Crippen LogP contribution is 2.35. The molecule has 19 heavy (non-hydrogen) atoms. The lowest BCUT2D eigenvalue weighted by Gasteiger charge is -2.28. The fourth-order valence-corrected chi connectivity index (χ4v) is 2.23. The number of hydrogen-bond acceptors (Lipinski definition) is 4. The molecule has 1 aliphatic heterocycles. The molecule has 0 radical (unpaired) electrons. The molecule has 1 fully saturated rings. The Bertz CT molecular complexity index is 445. The van der Waals surface area contributed by atoms with Crippen molar-refractivity contribution >= 4 is 0 Å². The quantitative estimate of drug-likeness (QED) is 0.805. The number of ether oxygens (including phenoxy) is 1. The smallest absolute Gasteiger partial charge is 0.162 e. The minimum absolute atomic E-state index is 0.000471. The first-order valence-corrected chi connectivity index (χ1v) is 6.73. The number of aromatic hydroxyl groups is 2. The van der Waals surface area contributed by atoms with Gasteiger partial charge in [0.1, 0.15) is 0 Å². The standard InChI is InChI=1S/C15H23NO3/c1-15(2,3)12-8-11(14(18)13(17)9-12)10-16-4-6-19-7-5-16/h8-9,17-18H,4-7,10H2,1-3H3.